The number of benzene rings is 1. The quantitative estimate of drug-likeness (QED) is 0.770. The van der Waals surface area contributed by atoms with Gasteiger partial charge in [-0.05, 0) is 44.0 Å². The number of anilines is 1. The Morgan fingerprint density at radius 1 is 1.12 bits per heavy atom. The van der Waals surface area contributed by atoms with E-state index in [2.05, 4.69) is 4.90 Å². The summed E-state index contributed by atoms with van der Waals surface area (Å²) in [5, 5.41) is 0. The molecule has 3 rings (SSSR count). The van der Waals surface area contributed by atoms with Crippen LogP contribution >= 0.6 is 0 Å². The molecule has 2 saturated heterocycles. The number of rotatable bonds is 5. The molecule has 1 aromatic rings. The highest BCUT2D eigenvalue weighted by atomic mass is 16.5. The van der Waals surface area contributed by atoms with Crippen LogP contribution in [0, 0.1) is 0 Å². The summed E-state index contributed by atoms with van der Waals surface area (Å²) in [4.78, 5) is 28.6. The number of methoxy groups -OCH3 is 1. The number of hydrogen-bond acceptors (Lipinski definition) is 5. The van der Waals surface area contributed by atoms with Gasteiger partial charge < -0.3 is 9.47 Å². The standard InChI is InChI=1S/C18H24N2O4/c1-3-24-15-6-4-13(5-7-15)20-17(21)12-16(18(20)22)19-10-8-14(23-2)9-11-19/h4-7,14,16H,3,8-12H2,1-2H3/t16-/m0/s1. The van der Waals surface area contributed by atoms with E-state index in [-0.39, 0.29) is 30.4 Å². The summed E-state index contributed by atoms with van der Waals surface area (Å²) in [5.41, 5.74) is 0.614. The molecule has 1 aromatic carbocycles. The van der Waals surface area contributed by atoms with Gasteiger partial charge in [-0.25, -0.2) is 4.90 Å². The number of nitrogens with zero attached hydrogens (tertiary/aromatic N) is 2. The monoisotopic (exact) mass is 332 g/mol. The molecule has 0 saturated carbocycles. The lowest BCUT2D eigenvalue weighted by Gasteiger charge is -2.34. The van der Waals surface area contributed by atoms with Gasteiger partial charge in [-0.15, -0.1) is 0 Å². The largest absolute Gasteiger partial charge is 0.494 e. The lowest BCUT2D eigenvalue weighted by atomic mass is 10.0. The molecule has 0 N–H and O–H groups in total. The van der Waals surface area contributed by atoms with Crippen molar-refractivity contribution < 1.29 is 19.1 Å². The third kappa shape index (κ3) is 3.30. The topological polar surface area (TPSA) is 59.1 Å². The number of hydrogen-bond donors (Lipinski definition) is 0. The molecular weight excluding hydrogens is 308 g/mol. The van der Waals surface area contributed by atoms with Crippen LogP contribution in [0.4, 0.5) is 5.69 Å². The Morgan fingerprint density at radius 2 is 1.79 bits per heavy atom. The van der Waals surface area contributed by atoms with E-state index in [1.165, 1.54) is 4.90 Å². The third-order valence-electron chi connectivity index (χ3n) is 4.78. The molecule has 6 nitrogen and oxygen atoms in total. The maximum atomic E-state index is 12.8. The first-order chi connectivity index (χ1) is 11.6. The van der Waals surface area contributed by atoms with Gasteiger partial charge in [0.25, 0.3) is 5.91 Å². The van der Waals surface area contributed by atoms with Crippen LogP contribution in [-0.2, 0) is 14.3 Å². The molecular formula is C18H24N2O4. The van der Waals surface area contributed by atoms with Crippen molar-refractivity contribution in [2.45, 2.75) is 38.3 Å². The molecule has 1 atom stereocenters. The summed E-state index contributed by atoms with van der Waals surface area (Å²) in [6.45, 7) is 4.08. The Balaban J connectivity index is 1.70. The summed E-state index contributed by atoms with van der Waals surface area (Å²) in [6.07, 6.45) is 2.31. The summed E-state index contributed by atoms with van der Waals surface area (Å²) < 4.78 is 10.8. The van der Waals surface area contributed by atoms with Gasteiger partial charge in [0.05, 0.1) is 30.9 Å². The Hall–Kier alpha value is -1.92. The smallest absolute Gasteiger partial charge is 0.251 e. The molecule has 6 heteroatoms. The van der Waals surface area contributed by atoms with Crippen LogP contribution in [0.5, 0.6) is 5.75 Å². The molecule has 2 aliphatic heterocycles. The van der Waals surface area contributed by atoms with Gasteiger partial charge in [0.1, 0.15) is 5.75 Å². The average Bonchev–Trinajstić information content (AvgIpc) is 2.91. The maximum absolute atomic E-state index is 12.8. The van der Waals surface area contributed by atoms with Gasteiger partial charge >= 0.3 is 0 Å². The third-order valence-corrected chi connectivity index (χ3v) is 4.78. The second kappa shape index (κ2) is 7.32. The first-order valence-electron chi connectivity index (χ1n) is 8.50. The zero-order chi connectivity index (χ0) is 17.1. The normalized spacial score (nSPS) is 23.1. The molecule has 0 unspecified atom stereocenters. The van der Waals surface area contributed by atoms with Gasteiger partial charge in [-0.2, -0.15) is 0 Å². The van der Waals surface area contributed by atoms with Crippen LogP contribution in [0.15, 0.2) is 24.3 Å². The highest BCUT2D eigenvalue weighted by Crippen LogP contribution is 2.29. The maximum Gasteiger partial charge on any atom is 0.251 e. The summed E-state index contributed by atoms with van der Waals surface area (Å²) in [6, 6.07) is 6.76. The van der Waals surface area contributed by atoms with Crippen molar-refractivity contribution >= 4 is 17.5 Å². The molecule has 130 valence electrons. The molecule has 2 heterocycles. The molecule has 2 aliphatic rings. The Bertz CT molecular complexity index is 594. The van der Waals surface area contributed by atoms with Gasteiger partial charge in [0, 0.05) is 20.2 Å². The first-order valence-corrected chi connectivity index (χ1v) is 8.50. The number of likely N-dealkylation sites (tertiary alicyclic amines) is 1. The number of piperidine rings is 1. The molecule has 0 aliphatic carbocycles. The fourth-order valence-corrected chi connectivity index (χ4v) is 3.45. The van der Waals surface area contributed by atoms with Crippen LogP contribution in [-0.4, -0.2) is 55.7 Å². The van der Waals surface area contributed by atoms with Crippen molar-refractivity contribution in [1.82, 2.24) is 4.90 Å². The highest BCUT2D eigenvalue weighted by molar-refractivity contribution is 6.22. The van der Waals surface area contributed by atoms with Crippen LogP contribution in [0.1, 0.15) is 26.2 Å². The van der Waals surface area contributed by atoms with E-state index >= 15 is 0 Å². The van der Waals surface area contributed by atoms with E-state index in [4.69, 9.17) is 9.47 Å². The van der Waals surface area contributed by atoms with Crippen LogP contribution in [0.3, 0.4) is 0 Å². The van der Waals surface area contributed by atoms with Crippen molar-refractivity contribution in [2.24, 2.45) is 0 Å². The average molecular weight is 332 g/mol. The summed E-state index contributed by atoms with van der Waals surface area (Å²) >= 11 is 0. The van der Waals surface area contributed by atoms with E-state index < -0.39 is 0 Å². The molecule has 0 bridgehead atoms. The Labute approximate surface area is 142 Å². The fourth-order valence-electron chi connectivity index (χ4n) is 3.45. The SMILES string of the molecule is CCOc1ccc(N2C(=O)C[C@H](N3CCC(OC)CC3)C2=O)cc1. The zero-order valence-electron chi connectivity index (χ0n) is 14.2. The van der Waals surface area contributed by atoms with Gasteiger partial charge in [0.2, 0.25) is 5.91 Å². The number of ether oxygens (including phenoxy) is 2. The van der Waals surface area contributed by atoms with E-state index in [1.807, 2.05) is 6.92 Å². The van der Waals surface area contributed by atoms with Crippen LogP contribution < -0.4 is 9.64 Å². The predicted octanol–water partition coefficient (Wildman–Crippen LogP) is 1.83. The van der Waals surface area contributed by atoms with Gasteiger partial charge in [0.15, 0.2) is 0 Å². The van der Waals surface area contributed by atoms with Gasteiger partial charge in [-0.1, -0.05) is 0 Å². The van der Waals surface area contributed by atoms with E-state index in [0.717, 1.165) is 31.7 Å². The van der Waals surface area contributed by atoms with E-state index in [9.17, 15) is 9.59 Å². The summed E-state index contributed by atoms with van der Waals surface area (Å²) in [7, 11) is 1.72. The number of carbonyl (C=O) groups is 2. The molecule has 2 fully saturated rings. The highest BCUT2D eigenvalue weighted by Gasteiger charge is 2.43. The molecule has 0 radical (unpaired) electrons. The van der Waals surface area contributed by atoms with E-state index in [0.29, 0.717) is 12.3 Å². The Morgan fingerprint density at radius 3 is 2.38 bits per heavy atom. The number of imide groups is 1. The van der Waals surface area contributed by atoms with Gasteiger partial charge in [-0.3, -0.25) is 14.5 Å². The molecule has 0 aromatic heterocycles. The second-order valence-corrected chi connectivity index (χ2v) is 6.19. The van der Waals surface area contributed by atoms with Crippen molar-refractivity contribution in [2.75, 3.05) is 31.7 Å². The van der Waals surface area contributed by atoms with Crippen LogP contribution in [0.25, 0.3) is 0 Å². The Kier molecular flexibility index (Phi) is 5.16. The van der Waals surface area contributed by atoms with Crippen molar-refractivity contribution in [3.63, 3.8) is 0 Å². The van der Waals surface area contributed by atoms with E-state index in [1.54, 1.807) is 31.4 Å². The lowest BCUT2D eigenvalue weighted by Crippen LogP contribution is -2.47. The minimum absolute atomic E-state index is 0.125. The molecule has 2 amide bonds. The van der Waals surface area contributed by atoms with Crippen molar-refractivity contribution in [1.29, 1.82) is 0 Å². The second-order valence-electron chi connectivity index (χ2n) is 6.19. The first kappa shape index (κ1) is 16.9. The lowest BCUT2D eigenvalue weighted by molar-refractivity contribution is -0.123. The number of carbonyl (C=O) groups excluding carboxylic acids is 2. The van der Waals surface area contributed by atoms with Crippen molar-refractivity contribution in [3.8, 4) is 5.75 Å². The predicted molar refractivity (Wildman–Crippen MR) is 90.1 cm³/mol. The minimum Gasteiger partial charge on any atom is -0.494 e. The molecule has 0 spiro atoms. The van der Waals surface area contributed by atoms with Crippen molar-refractivity contribution in [3.05, 3.63) is 24.3 Å². The zero-order valence-corrected chi connectivity index (χ0v) is 14.2. The minimum atomic E-state index is -0.345. The number of amides is 2. The summed E-state index contributed by atoms with van der Waals surface area (Å²) in [5.74, 6) is 0.474. The fraction of sp³-hybridized carbons (Fsp3) is 0.556. The molecule has 24 heavy (non-hydrogen) atoms. The van der Waals surface area contributed by atoms with Crippen LogP contribution in [0.2, 0.25) is 0 Å².